The summed E-state index contributed by atoms with van der Waals surface area (Å²) >= 11 is 0. The highest BCUT2D eigenvalue weighted by Gasteiger charge is 2.17. The monoisotopic (exact) mass is 231 g/mol. The minimum Gasteiger partial charge on any atom is -0.480 e. The molecule has 0 spiro atoms. The lowest BCUT2D eigenvalue weighted by Gasteiger charge is -2.19. The summed E-state index contributed by atoms with van der Waals surface area (Å²) in [5.74, 6) is -0.843. The number of carboxylic acid groups (broad SMARTS) is 1. The van der Waals surface area contributed by atoms with Crippen LogP contribution in [-0.2, 0) is 9.53 Å². The third-order valence-electron chi connectivity index (χ3n) is 2.22. The van der Waals surface area contributed by atoms with Crippen LogP contribution in [0, 0.1) is 5.41 Å². The van der Waals surface area contributed by atoms with E-state index in [1.165, 1.54) is 0 Å². The van der Waals surface area contributed by atoms with Gasteiger partial charge in [0.25, 0.3) is 0 Å². The van der Waals surface area contributed by atoms with E-state index in [2.05, 4.69) is 26.1 Å². The predicted molar refractivity (Wildman–Crippen MR) is 64.6 cm³/mol. The van der Waals surface area contributed by atoms with Crippen molar-refractivity contribution in [2.45, 2.75) is 46.6 Å². The van der Waals surface area contributed by atoms with Gasteiger partial charge in [0.15, 0.2) is 0 Å². The molecule has 0 aromatic rings. The number of ether oxygens (including phenoxy) is 1. The minimum absolute atomic E-state index is 0.232. The summed E-state index contributed by atoms with van der Waals surface area (Å²) in [6, 6.07) is -0.583. The predicted octanol–water partition coefficient (Wildman–Crippen LogP) is 1.89. The zero-order valence-electron chi connectivity index (χ0n) is 10.9. The number of carbonyl (C=O) groups is 1. The van der Waals surface area contributed by atoms with Gasteiger partial charge in [-0.15, -0.1) is 0 Å². The molecule has 0 bridgehead atoms. The number of nitrogens with one attached hydrogen (secondary N) is 1. The number of hydrogen-bond donors (Lipinski definition) is 2. The molecule has 0 saturated carbocycles. The van der Waals surface area contributed by atoms with E-state index in [4.69, 9.17) is 9.84 Å². The minimum atomic E-state index is -0.843. The fraction of sp³-hybridized carbons (Fsp3) is 0.917. The van der Waals surface area contributed by atoms with Crippen LogP contribution in [0.4, 0.5) is 0 Å². The normalized spacial score (nSPS) is 13.8. The van der Waals surface area contributed by atoms with Gasteiger partial charge in [-0.3, -0.25) is 4.79 Å². The van der Waals surface area contributed by atoms with Crippen molar-refractivity contribution >= 4 is 5.97 Å². The fourth-order valence-corrected chi connectivity index (χ4v) is 1.12. The van der Waals surface area contributed by atoms with Crippen molar-refractivity contribution in [3.8, 4) is 0 Å². The van der Waals surface area contributed by atoms with Crippen molar-refractivity contribution in [3.05, 3.63) is 0 Å². The Morgan fingerprint density at radius 1 is 1.44 bits per heavy atom. The van der Waals surface area contributed by atoms with Crippen molar-refractivity contribution in [2.24, 2.45) is 5.41 Å². The van der Waals surface area contributed by atoms with Crippen LogP contribution < -0.4 is 5.32 Å². The quantitative estimate of drug-likeness (QED) is 0.626. The largest absolute Gasteiger partial charge is 0.480 e. The molecule has 0 aliphatic rings. The Labute approximate surface area is 98.4 Å². The third-order valence-corrected chi connectivity index (χ3v) is 2.22. The Bertz CT molecular complexity index is 199. The number of aliphatic carboxylic acids is 1. The van der Waals surface area contributed by atoms with Gasteiger partial charge in [-0.05, 0) is 24.8 Å². The summed E-state index contributed by atoms with van der Waals surface area (Å²) < 4.78 is 5.39. The average Bonchev–Trinajstić information content (AvgIpc) is 2.14. The van der Waals surface area contributed by atoms with Crippen LogP contribution in [0.25, 0.3) is 0 Å². The molecule has 0 rings (SSSR count). The molecule has 0 aliphatic heterocycles. The fourth-order valence-electron chi connectivity index (χ4n) is 1.12. The van der Waals surface area contributed by atoms with Crippen LogP contribution in [-0.4, -0.2) is 36.9 Å². The highest BCUT2D eigenvalue weighted by Crippen LogP contribution is 2.17. The molecule has 4 nitrogen and oxygen atoms in total. The summed E-state index contributed by atoms with van der Waals surface area (Å²) in [5, 5.41) is 11.9. The van der Waals surface area contributed by atoms with Gasteiger partial charge in [-0.1, -0.05) is 27.7 Å². The van der Waals surface area contributed by atoms with Gasteiger partial charge in [0.2, 0.25) is 0 Å². The van der Waals surface area contributed by atoms with E-state index in [0.717, 1.165) is 12.8 Å². The van der Waals surface area contributed by atoms with Crippen molar-refractivity contribution < 1.29 is 14.6 Å². The molecule has 0 heterocycles. The molecule has 0 fully saturated rings. The molecule has 1 atom stereocenters. The Morgan fingerprint density at radius 3 is 2.50 bits per heavy atom. The zero-order chi connectivity index (χ0) is 12.6. The summed E-state index contributed by atoms with van der Waals surface area (Å²) in [7, 11) is 0. The van der Waals surface area contributed by atoms with E-state index in [9.17, 15) is 4.79 Å². The summed E-state index contributed by atoms with van der Waals surface area (Å²) in [6.45, 7) is 9.99. The Hall–Kier alpha value is -0.610. The van der Waals surface area contributed by atoms with Gasteiger partial charge in [-0.25, -0.2) is 0 Å². The second-order valence-corrected chi connectivity index (χ2v) is 5.23. The molecule has 4 heteroatoms. The lowest BCUT2D eigenvalue weighted by atomic mass is 9.93. The number of carboxylic acids is 1. The Kier molecular flexibility index (Phi) is 7.34. The average molecular weight is 231 g/mol. The van der Waals surface area contributed by atoms with E-state index in [0.29, 0.717) is 13.2 Å². The van der Waals surface area contributed by atoms with Crippen LogP contribution in [0.2, 0.25) is 0 Å². The molecule has 0 radical (unpaired) electrons. The van der Waals surface area contributed by atoms with Crippen LogP contribution in [0.3, 0.4) is 0 Å². The maximum Gasteiger partial charge on any atom is 0.323 e. The van der Waals surface area contributed by atoms with E-state index in [-0.39, 0.29) is 12.0 Å². The molecule has 0 aromatic carbocycles. The maximum absolute atomic E-state index is 10.9. The van der Waals surface area contributed by atoms with Crippen molar-refractivity contribution in [1.82, 2.24) is 5.32 Å². The summed E-state index contributed by atoms with van der Waals surface area (Å²) in [4.78, 5) is 10.9. The van der Waals surface area contributed by atoms with E-state index >= 15 is 0 Å². The Balaban J connectivity index is 3.72. The highest BCUT2D eigenvalue weighted by molar-refractivity contribution is 5.73. The molecule has 0 amide bonds. The third kappa shape index (κ3) is 8.68. The molecule has 16 heavy (non-hydrogen) atoms. The van der Waals surface area contributed by atoms with Crippen molar-refractivity contribution in [3.63, 3.8) is 0 Å². The standard InChI is InChI=1S/C12H25NO3/c1-5-7-13-10(11(14)15)9-16-8-6-12(2,3)4/h10,13H,5-9H2,1-4H3,(H,14,15). The van der Waals surface area contributed by atoms with Crippen molar-refractivity contribution in [2.75, 3.05) is 19.8 Å². The van der Waals surface area contributed by atoms with Crippen LogP contribution in [0.15, 0.2) is 0 Å². The lowest BCUT2D eigenvalue weighted by Crippen LogP contribution is -2.41. The first-order chi connectivity index (χ1) is 7.37. The maximum atomic E-state index is 10.9. The van der Waals surface area contributed by atoms with Crippen molar-refractivity contribution in [1.29, 1.82) is 0 Å². The molecular formula is C12H25NO3. The molecule has 0 aliphatic carbocycles. The molecule has 1 unspecified atom stereocenters. The van der Waals surface area contributed by atoms with E-state index in [1.54, 1.807) is 0 Å². The smallest absolute Gasteiger partial charge is 0.323 e. The SMILES string of the molecule is CCCNC(COCCC(C)(C)C)C(=O)O. The lowest BCUT2D eigenvalue weighted by molar-refractivity contribution is -0.141. The second kappa shape index (κ2) is 7.63. The highest BCUT2D eigenvalue weighted by atomic mass is 16.5. The molecule has 0 aromatic heterocycles. The van der Waals surface area contributed by atoms with Gasteiger partial charge < -0.3 is 15.2 Å². The number of hydrogen-bond acceptors (Lipinski definition) is 3. The molecular weight excluding hydrogens is 206 g/mol. The van der Waals surface area contributed by atoms with Crippen LogP contribution in [0.1, 0.15) is 40.5 Å². The van der Waals surface area contributed by atoms with Crippen LogP contribution in [0.5, 0.6) is 0 Å². The topological polar surface area (TPSA) is 58.6 Å². The van der Waals surface area contributed by atoms with E-state index < -0.39 is 12.0 Å². The van der Waals surface area contributed by atoms with Gasteiger partial charge in [0, 0.05) is 6.61 Å². The molecule has 2 N–H and O–H groups in total. The van der Waals surface area contributed by atoms with Gasteiger partial charge in [0.05, 0.1) is 6.61 Å². The van der Waals surface area contributed by atoms with Gasteiger partial charge >= 0.3 is 5.97 Å². The molecule has 96 valence electrons. The van der Waals surface area contributed by atoms with E-state index in [1.807, 2.05) is 6.92 Å². The van der Waals surface area contributed by atoms with Gasteiger partial charge in [0.1, 0.15) is 6.04 Å². The molecule has 0 saturated heterocycles. The van der Waals surface area contributed by atoms with Gasteiger partial charge in [-0.2, -0.15) is 0 Å². The second-order valence-electron chi connectivity index (χ2n) is 5.23. The Morgan fingerprint density at radius 2 is 2.06 bits per heavy atom. The summed E-state index contributed by atoms with van der Waals surface area (Å²) in [6.07, 6.45) is 1.86. The van der Waals surface area contributed by atoms with Crippen LogP contribution >= 0.6 is 0 Å². The zero-order valence-corrected chi connectivity index (χ0v) is 10.9. The first-order valence-electron chi connectivity index (χ1n) is 5.90. The number of rotatable bonds is 8. The summed E-state index contributed by atoms with van der Waals surface area (Å²) in [5.41, 5.74) is 0.232. The first-order valence-corrected chi connectivity index (χ1v) is 5.90. The first kappa shape index (κ1) is 15.4.